The van der Waals surface area contributed by atoms with Crippen LogP contribution in [0.15, 0.2) is 0 Å². The fraction of sp³-hybridized carbons (Fsp3) is 1.00. The number of ether oxygens (including phenoxy) is 2. The molecule has 0 aliphatic heterocycles. The van der Waals surface area contributed by atoms with Gasteiger partial charge in [0.1, 0.15) is 0 Å². The first-order valence-corrected chi connectivity index (χ1v) is 9.61. The Morgan fingerprint density at radius 1 is 0.714 bits per heavy atom. The summed E-state index contributed by atoms with van der Waals surface area (Å²) >= 11 is 0. The average Bonchev–Trinajstić information content (AvgIpc) is 2.53. The maximum atomic E-state index is 6.11. The molecular formula is C19H38O2. The monoisotopic (exact) mass is 298 g/mol. The molecule has 0 heterocycles. The lowest BCUT2D eigenvalue weighted by Gasteiger charge is -2.30. The van der Waals surface area contributed by atoms with Crippen LogP contribution in [0.3, 0.4) is 0 Å². The van der Waals surface area contributed by atoms with E-state index in [1.807, 2.05) is 0 Å². The first kappa shape index (κ1) is 19.0. The van der Waals surface area contributed by atoms with Crippen LogP contribution in [0.25, 0.3) is 0 Å². The molecule has 126 valence electrons. The lowest BCUT2D eigenvalue weighted by Crippen LogP contribution is -2.29. The molecule has 0 radical (unpaired) electrons. The molecule has 0 unspecified atom stereocenters. The van der Waals surface area contributed by atoms with Crippen LogP contribution >= 0.6 is 0 Å². The topological polar surface area (TPSA) is 18.5 Å². The molecule has 1 aliphatic carbocycles. The van der Waals surface area contributed by atoms with Crippen LogP contribution in [-0.4, -0.2) is 19.5 Å². The van der Waals surface area contributed by atoms with Gasteiger partial charge in [0.05, 0.1) is 0 Å². The Morgan fingerprint density at radius 2 is 1.24 bits per heavy atom. The summed E-state index contributed by atoms with van der Waals surface area (Å²) in [5.41, 5.74) is 0. The van der Waals surface area contributed by atoms with Gasteiger partial charge in [-0.05, 0) is 25.7 Å². The fourth-order valence-electron chi connectivity index (χ4n) is 3.18. The highest BCUT2D eigenvalue weighted by Gasteiger charge is 2.24. The van der Waals surface area contributed by atoms with Crippen molar-refractivity contribution in [2.75, 3.05) is 13.2 Å². The molecule has 2 nitrogen and oxygen atoms in total. The zero-order valence-electron chi connectivity index (χ0n) is 14.6. The second-order valence-corrected chi connectivity index (χ2v) is 6.63. The van der Waals surface area contributed by atoms with Crippen molar-refractivity contribution in [3.8, 4) is 0 Å². The van der Waals surface area contributed by atoms with E-state index in [-0.39, 0.29) is 6.29 Å². The summed E-state index contributed by atoms with van der Waals surface area (Å²) in [7, 11) is 0. The number of hydrogen-bond acceptors (Lipinski definition) is 2. The fourth-order valence-corrected chi connectivity index (χ4v) is 3.18. The molecule has 0 aromatic heterocycles. The molecule has 0 aromatic rings. The quantitative estimate of drug-likeness (QED) is 0.303. The normalized spacial score (nSPS) is 16.7. The van der Waals surface area contributed by atoms with Crippen LogP contribution in [0.2, 0.25) is 0 Å². The van der Waals surface area contributed by atoms with E-state index in [1.54, 1.807) is 0 Å². The van der Waals surface area contributed by atoms with Crippen molar-refractivity contribution in [3.05, 3.63) is 0 Å². The van der Waals surface area contributed by atoms with Crippen LogP contribution in [0.4, 0.5) is 0 Å². The summed E-state index contributed by atoms with van der Waals surface area (Å²) in [5, 5.41) is 0. The average molecular weight is 299 g/mol. The van der Waals surface area contributed by atoms with Gasteiger partial charge >= 0.3 is 0 Å². The Labute approximate surface area is 133 Å². The predicted molar refractivity (Wildman–Crippen MR) is 90.6 cm³/mol. The molecule has 21 heavy (non-hydrogen) atoms. The van der Waals surface area contributed by atoms with Crippen LogP contribution in [0.1, 0.15) is 97.3 Å². The Bertz CT molecular complexity index is 198. The maximum absolute atomic E-state index is 6.11. The van der Waals surface area contributed by atoms with Crippen molar-refractivity contribution in [2.45, 2.75) is 104 Å². The maximum Gasteiger partial charge on any atom is 0.160 e. The molecule has 1 saturated carbocycles. The Morgan fingerprint density at radius 3 is 1.71 bits per heavy atom. The number of rotatable bonds is 13. The van der Waals surface area contributed by atoms with Gasteiger partial charge in [-0.2, -0.15) is 0 Å². The van der Waals surface area contributed by atoms with E-state index < -0.39 is 0 Å². The Hall–Kier alpha value is -0.0800. The molecular weight excluding hydrogens is 260 g/mol. The first-order chi connectivity index (χ1) is 10.4. The molecule has 1 rings (SSSR count). The Kier molecular flexibility index (Phi) is 12.3. The largest absolute Gasteiger partial charge is 0.352 e. The molecule has 2 heteroatoms. The second kappa shape index (κ2) is 13.6. The zero-order valence-corrected chi connectivity index (χ0v) is 14.6. The van der Waals surface area contributed by atoms with Crippen LogP contribution in [-0.2, 0) is 9.47 Å². The van der Waals surface area contributed by atoms with Gasteiger partial charge in [-0.15, -0.1) is 0 Å². The minimum absolute atomic E-state index is 0.0774. The molecule has 0 spiro atoms. The minimum Gasteiger partial charge on any atom is -0.352 e. The highest BCUT2D eigenvalue weighted by atomic mass is 16.7. The van der Waals surface area contributed by atoms with Crippen molar-refractivity contribution in [1.82, 2.24) is 0 Å². The van der Waals surface area contributed by atoms with E-state index >= 15 is 0 Å². The third-order valence-electron chi connectivity index (χ3n) is 4.59. The van der Waals surface area contributed by atoms with E-state index in [9.17, 15) is 0 Å². The van der Waals surface area contributed by atoms with E-state index in [0.717, 1.165) is 13.2 Å². The smallest absolute Gasteiger partial charge is 0.160 e. The highest BCUT2D eigenvalue weighted by molar-refractivity contribution is 4.69. The highest BCUT2D eigenvalue weighted by Crippen LogP contribution is 2.29. The predicted octanol–water partition coefficient (Wildman–Crippen LogP) is 6.09. The molecule has 0 bridgehead atoms. The summed E-state index contributed by atoms with van der Waals surface area (Å²) in [4.78, 5) is 0. The molecule has 1 aliphatic rings. The molecule has 0 aromatic carbocycles. The summed E-state index contributed by atoms with van der Waals surface area (Å²) in [5.74, 6) is 0.649. The second-order valence-electron chi connectivity index (χ2n) is 6.63. The van der Waals surface area contributed by atoms with Gasteiger partial charge in [0, 0.05) is 19.1 Å². The molecule has 0 saturated heterocycles. The van der Waals surface area contributed by atoms with Crippen molar-refractivity contribution in [3.63, 3.8) is 0 Å². The van der Waals surface area contributed by atoms with E-state index in [1.165, 1.54) is 83.5 Å². The van der Waals surface area contributed by atoms with Crippen molar-refractivity contribution < 1.29 is 9.47 Å². The first-order valence-electron chi connectivity index (χ1n) is 9.61. The van der Waals surface area contributed by atoms with Crippen molar-refractivity contribution >= 4 is 0 Å². The van der Waals surface area contributed by atoms with E-state index in [4.69, 9.17) is 9.47 Å². The van der Waals surface area contributed by atoms with Gasteiger partial charge in [-0.1, -0.05) is 71.6 Å². The SMILES string of the molecule is CCCCCCOC(OCCCCCC)C1CCCCC1. The third kappa shape index (κ3) is 9.52. The van der Waals surface area contributed by atoms with Crippen LogP contribution < -0.4 is 0 Å². The lowest BCUT2D eigenvalue weighted by molar-refractivity contribution is -0.179. The summed E-state index contributed by atoms with van der Waals surface area (Å²) < 4.78 is 12.2. The van der Waals surface area contributed by atoms with Crippen molar-refractivity contribution in [2.24, 2.45) is 5.92 Å². The van der Waals surface area contributed by atoms with Gasteiger partial charge < -0.3 is 9.47 Å². The molecule has 1 fully saturated rings. The molecule has 0 N–H and O–H groups in total. The third-order valence-corrected chi connectivity index (χ3v) is 4.59. The number of hydrogen-bond donors (Lipinski definition) is 0. The Balaban J connectivity index is 2.20. The van der Waals surface area contributed by atoms with Gasteiger partial charge in [-0.25, -0.2) is 0 Å². The van der Waals surface area contributed by atoms with Gasteiger partial charge in [0.25, 0.3) is 0 Å². The van der Waals surface area contributed by atoms with E-state index in [2.05, 4.69) is 13.8 Å². The van der Waals surface area contributed by atoms with Gasteiger partial charge in [-0.3, -0.25) is 0 Å². The van der Waals surface area contributed by atoms with Crippen LogP contribution in [0, 0.1) is 5.92 Å². The molecule has 0 atom stereocenters. The summed E-state index contributed by atoms with van der Waals surface area (Å²) in [6, 6.07) is 0. The van der Waals surface area contributed by atoms with E-state index in [0.29, 0.717) is 5.92 Å². The minimum atomic E-state index is 0.0774. The number of unbranched alkanes of at least 4 members (excludes halogenated alkanes) is 6. The van der Waals surface area contributed by atoms with Gasteiger partial charge in [0.15, 0.2) is 6.29 Å². The van der Waals surface area contributed by atoms with Gasteiger partial charge in [0.2, 0.25) is 0 Å². The van der Waals surface area contributed by atoms with Crippen LogP contribution in [0.5, 0.6) is 0 Å². The zero-order chi connectivity index (χ0) is 15.2. The van der Waals surface area contributed by atoms with Crippen molar-refractivity contribution in [1.29, 1.82) is 0 Å². The summed E-state index contributed by atoms with van der Waals surface area (Å²) in [6.45, 7) is 6.28. The lowest BCUT2D eigenvalue weighted by atomic mass is 9.89. The molecule has 0 amide bonds. The summed E-state index contributed by atoms with van der Waals surface area (Å²) in [6.07, 6.45) is 17.0. The standard InChI is InChI=1S/C19H38O2/c1-3-5-7-12-16-20-19(18-14-10-9-11-15-18)21-17-13-8-6-4-2/h18-19H,3-17H2,1-2H3.